The minimum Gasteiger partial charge on any atom is -0.376 e. The average molecular weight is 268 g/mol. The number of nitrogens with zero attached hydrogens (tertiary/aromatic N) is 3. The van der Waals surface area contributed by atoms with Gasteiger partial charge in [0.1, 0.15) is 0 Å². The predicted molar refractivity (Wildman–Crippen MR) is 74.2 cm³/mol. The number of allylic oxidation sites excluding steroid dienone is 2. The van der Waals surface area contributed by atoms with E-state index in [0.29, 0.717) is 13.2 Å². The first kappa shape index (κ1) is 14.3. The Hall–Kier alpha value is -1.11. The summed E-state index contributed by atoms with van der Waals surface area (Å²) >= 11 is 0. The van der Waals surface area contributed by atoms with Crippen molar-refractivity contribution in [2.45, 2.75) is 40.1 Å². The summed E-state index contributed by atoms with van der Waals surface area (Å²) in [5, 5.41) is 5.27. The summed E-state index contributed by atoms with van der Waals surface area (Å²) in [6.07, 6.45) is -0.215. The summed E-state index contributed by atoms with van der Waals surface area (Å²) in [4.78, 5) is 12.6. The number of rotatable bonds is 4. The van der Waals surface area contributed by atoms with Crippen molar-refractivity contribution in [3.05, 3.63) is 11.4 Å². The van der Waals surface area contributed by atoms with Crippen LogP contribution in [0, 0.1) is 0 Å². The van der Waals surface area contributed by atoms with Gasteiger partial charge in [0.05, 0.1) is 18.3 Å². The molecule has 0 bridgehead atoms. The van der Waals surface area contributed by atoms with Gasteiger partial charge in [-0.05, 0) is 34.7 Å². The average Bonchev–Trinajstić information content (AvgIpc) is 2.36. The van der Waals surface area contributed by atoms with Crippen LogP contribution >= 0.6 is 0 Å². The van der Waals surface area contributed by atoms with Crippen molar-refractivity contribution in [2.24, 2.45) is 4.99 Å². The van der Waals surface area contributed by atoms with E-state index in [0.717, 1.165) is 23.8 Å². The molecule has 108 valence electrons. The second-order valence-electron chi connectivity index (χ2n) is 4.84. The van der Waals surface area contributed by atoms with Gasteiger partial charge in [0.25, 0.3) is 0 Å². The van der Waals surface area contributed by atoms with E-state index in [1.807, 2.05) is 27.8 Å². The summed E-state index contributed by atoms with van der Waals surface area (Å²) in [6, 6.07) is 0.150. The van der Waals surface area contributed by atoms with Crippen LogP contribution in [0.25, 0.3) is 0 Å². The largest absolute Gasteiger partial charge is 0.376 e. The number of nitrogens with one attached hydrogen (secondary N) is 1. The summed E-state index contributed by atoms with van der Waals surface area (Å²) in [5.74, 6) is 0.904. The maximum Gasteiger partial charge on any atom is 0.214 e. The molecule has 6 heteroatoms. The van der Waals surface area contributed by atoms with Gasteiger partial charge in [0.15, 0.2) is 5.84 Å². The Morgan fingerprint density at radius 1 is 1.32 bits per heavy atom. The van der Waals surface area contributed by atoms with E-state index in [4.69, 9.17) is 9.57 Å². The van der Waals surface area contributed by atoms with Crippen molar-refractivity contribution in [1.82, 2.24) is 15.3 Å². The molecule has 2 unspecified atom stereocenters. The molecule has 0 spiro atoms. The highest BCUT2D eigenvalue weighted by Gasteiger charge is 2.40. The van der Waals surface area contributed by atoms with Gasteiger partial charge < -0.3 is 10.1 Å². The molecule has 2 heterocycles. The molecule has 0 aromatic heterocycles. The molecular formula is C13H24N4O2. The Bertz CT molecular complexity index is 394. The summed E-state index contributed by atoms with van der Waals surface area (Å²) in [7, 11) is 2.03. The van der Waals surface area contributed by atoms with Crippen molar-refractivity contribution in [1.29, 1.82) is 0 Å². The minimum atomic E-state index is -0.215. The smallest absolute Gasteiger partial charge is 0.214 e. The molecule has 0 amide bonds. The van der Waals surface area contributed by atoms with E-state index in [2.05, 4.69) is 22.1 Å². The zero-order valence-electron chi connectivity index (χ0n) is 12.4. The molecule has 0 radical (unpaired) electrons. The molecule has 2 rings (SSSR count). The highest BCUT2D eigenvalue weighted by molar-refractivity contribution is 5.89. The number of hydroxylamine groups is 2. The molecule has 0 saturated carbocycles. The molecule has 1 saturated heterocycles. The number of aliphatic imine (C=N–C) groups is 1. The maximum absolute atomic E-state index is 5.77. The maximum atomic E-state index is 5.77. The van der Waals surface area contributed by atoms with E-state index in [1.54, 1.807) is 5.06 Å². The standard InChI is InChI=1S/C13H24N4O2/c1-6-18-13-16(5)8-11-12(17(13)19-7-2)15-10(4)9(3)14-11/h11,13-14H,6-8H2,1-5H3. The number of likely N-dealkylation sites (N-methyl/N-ethyl adjacent to an activating group) is 1. The molecule has 1 fully saturated rings. The predicted octanol–water partition coefficient (Wildman–Crippen LogP) is 1.13. The lowest BCUT2D eigenvalue weighted by atomic mass is 10.1. The van der Waals surface area contributed by atoms with Crippen molar-refractivity contribution >= 4 is 5.84 Å². The summed E-state index contributed by atoms with van der Waals surface area (Å²) in [5.41, 5.74) is 2.12. The number of hydrogen-bond acceptors (Lipinski definition) is 6. The van der Waals surface area contributed by atoms with Gasteiger partial charge in [-0.1, -0.05) is 0 Å². The third kappa shape index (κ3) is 2.75. The second kappa shape index (κ2) is 5.90. The Morgan fingerprint density at radius 2 is 2.05 bits per heavy atom. The lowest BCUT2D eigenvalue weighted by Gasteiger charge is -2.46. The first-order valence-electron chi connectivity index (χ1n) is 6.85. The van der Waals surface area contributed by atoms with E-state index in [9.17, 15) is 0 Å². The topological polar surface area (TPSA) is 49.3 Å². The van der Waals surface area contributed by atoms with Gasteiger partial charge in [0.2, 0.25) is 6.35 Å². The molecule has 2 aliphatic rings. The van der Waals surface area contributed by atoms with Crippen LogP contribution in [0.15, 0.2) is 16.4 Å². The fraction of sp³-hybridized carbons (Fsp3) is 0.769. The Morgan fingerprint density at radius 3 is 2.68 bits per heavy atom. The van der Waals surface area contributed by atoms with Crippen LogP contribution in [-0.2, 0) is 9.57 Å². The molecule has 2 aliphatic heterocycles. The minimum absolute atomic E-state index is 0.150. The zero-order valence-corrected chi connectivity index (χ0v) is 12.4. The lowest BCUT2D eigenvalue weighted by Crippen LogP contribution is -2.65. The highest BCUT2D eigenvalue weighted by Crippen LogP contribution is 2.22. The molecule has 2 atom stereocenters. The van der Waals surface area contributed by atoms with Crippen molar-refractivity contribution in [3.8, 4) is 0 Å². The number of hydrogen-bond donors (Lipinski definition) is 1. The van der Waals surface area contributed by atoms with Gasteiger partial charge in [-0.15, -0.1) is 0 Å². The third-order valence-corrected chi connectivity index (χ3v) is 3.39. The molecule has 0 aromatic carbocycles. The van der Waals surface area contributed by atoms with E-state index in [1.165, 1.54) is 0 Å². The van der Waals surface area contributed by atoms with E-state index >= 15 is 0 Å². The fourth-order valence-corrected chi connectivity index (χ4v) is 2.38. The van der Waals surface area contributed by atoms with Crippen molar-refractivity contribution < 1.29 is 9.57 Å². The van der Waals surface area contributed by atoms with E-state index < -0.39 is 0 Å². The zero-order chi connectivity index (χ0) is 14.0. The van der Waals surface area contributed by atoms with Crippen molar-refractivity contribution in [2.75, 3.05) is 26.8 Å². The monoisotopic (exact) mass is 268 g/mol. The van der Waals surface area contributed by atoms with Gasteiger partial charge in [0, 0.05) is 18.8 Å². The normalized spacial score (nSPS) is 28.1. The number of ether oxygens (including phenoxy) is 1. The quantitative estimate of drug-likeness (QED) is 0.828. The van der Waals surface area contributed by atoms with Crippen LogP contribution in [-0.4, -0.2) is 55.0 Å². The second-order valence-corrected chi connectivity index (χ2v) is 4.84. The molecular weight excluding hydrogens is 244 g/mol. The van der Waals surface area contributed by atoms with Crippen molar-refractivity contribution in [3.63, 3.8) is 0 Å². The van der Waals surface area contributed by atoms with Crippen LogP contribution in [0.4, 0.5) is 0 Å². The first-order valence-corrected chi connectivity index (χ1v) is 6.85. The Kier molecular flexibility index (Phi) is 4.44. The van der Waals surface area contributed by atoms with Crippen LogP contribution in [0.5, 0.6) is 0 Å². The molecule has 6 nitrogen and oxygen atoms in total. The highest BCUT2D eigenvalue weighted by atomic mass is 16.7. The first-order chi connectivity index (χ1) is 9.08. The molecule has 0 aromatic rings. The summed E-state index contributed by atoms with van der Waals surface area (Å²) in [6.45, 7) is 10.1. The third-order valence-electron chi connectivity index (χ3n) is 3.39. The fourth-order valence-electron chi connectivity index (χ4n) is 2.38. The molecule has 19 heavy (non-hydrogen) atoms. The number of amidine groups is 1. The van der Waals surface area contributed by atoms with Crippen LogP contribution in [0.2, 0.25) is 0 Å². The Labute approximate surface area is 115 Å². The van der Waals surface area contributed by atoms with Gasteiger partial charge >= 0.3 is 0 Å². The van der Waals surface area contributed by atoms with Gasteiger partial charge in [-0.2, -0.15) is 5.06 Å². The molecule has 1 N–H and O–H groups in total. The Balaban J connectivity index is 2.30. The van der Waals surface area contributed by atoms with Crippen LogP contribution < -0.4 is 5.32 Å². The van der Waals surface area contributed by atoms with Crippen LogP contribution in [0.3, 0.4) is 0 Å². The number of fused-ring (bicyclic) bond motifs is 1. The van der Waals surface area contributed by atoms with Gasteiger partial charge in [-0.25, -0.2) is 4.99 Å². The lowest BCUT2D eigenvalue weighted by molar-refractivity contribution is -0.260. The van der Waals surface area contributed by atoms with Crippen LogP contribution in [0.1, 0.15) is 27.7 Å². The SMILES string of the molecule is CCOC1N(C)CC2NC(C)=C(C)N=C2N1OCC. The van der Waals surface area contributed by atoms with E-state index in [-0.39, 0.29) is 12.4 Å². The van der Waals surface area contributed by atoms with Gasteiger partial charge in [-0.3, -0.25) is 9.74 Å². The molecule has 0 aliphatic carbocycles. The summed E-state index contributed by atoms with van der Waals surface area (Å²) < 4.78 is 5.77.